The molecule has 0 bridgehead atoms. The van der Waals surface area contributed by atoms with Crippen LogP contribution in [0.4, 0.5) is 0 Å². The van der Waals surface area contributed by atoms with Crippen molar-refractivity contribution in [1.82, 2.24) is 5.32 Å². The minimum absolute atomic E-state index is 0.814. The van der Waals surface area contributed by atoms with Gasteiger partial charge in [0, 0.05) is 6.04 Å². The summed E-state index contributed by atoms with van der Waals surface area (Å²) in [5.41, 5.74) is 0. The summed E-state index contributed by atoms with van der Waals surface area (Å²) in [7, 11) is 0. The quantitative estimate of drug-likeness (QED) is 0.584. The van der Waals surface area contributed by atoms with Gasteiger partial charge >= 0.3 is 0 Å². The van der Waals surface area contributed by atoms with Gasteiger partial charge in [-0.25, -0.2) is 0 Å². The molecule has 2 atom stereocenters. The second kappa shape index (κ2) is 9.87. The van der Waals surface area contributed by atoms with Crippen molar-refractivity contribution in [2.75, 3.05) is 6.54 Å². The molecule has 1 heteroatoms. The molecule has 1 nitrogen and oxygen atoms in total. The largest absolute Gasteiger partial charge is 0.314 e. The van der Waals surface area contributed by atoms with E-state index in [-0.39, 0.29) is 0 Å². The molecule has 2 aliphatic rings. The number of rotatable bonds is 8. The molecular weight excluding hydrogens is 254 g/mol. The SMILES string of the molecule is CCCC(CC(NCC)C1CCCCC1)C1CCCCC1. The Hall–Kier alpha value is -0.0400. The first kappa shape index (κ1) is 17.3. The summed E-state index contributed by atoms with van der Waals surface area (Å²) in [6, 6.07) is 0.814. The molecule has 2 fully saturated rings. The average Bonchev–Trinajstić information content (AvgIpc) is 2.55. The van der Waals surface area contributed by atoms with Gasteiger partial charge in [0.15, 0.2) is 0 Å². The number of hydrogen-bond donors (Lipinski definition) is 1. The van der Waals surface area contributed by atoms with Gasteiger partial charge < -0.3 is 5.32 Å². The van der Waals surface area contributed by atoms with Gasteiger partial charge in [0.2, 0.25) is 0 Å². The van der Waals surface area contributed by atoms with Crippen molar-refractivity contribution >= 4 is 0 Å². The molecule has 124 valence electrons. The Labute approximate surface area is 133 Å². The maximum atomic E-state index is 3.88. The monoisotopic (exact) mass is 293 g/mol. The van der Waals surface area contributed by atoms with E-state index in [4.69, 9.17) is 0 Å². The molecule has 2 unspecified atom stereocenters. The fourth-order valence-corrected chi connectivity index (χ4v) is 5.09. The molecule has 1 N–H and O–H groups in total. The standard InChI is InChI=1S/C20H39N/c1-3-11-19(17-12-7-5-8-13-17)16-20(21-4-2)18-14-9-6-10-15-18/h17-21H,3-16H2,1-2H3. The molecule has 0 saturated heterocycles. The zero-order valence-corrected chi connectivity index (χ0v) is 14.7. The zero-order valence-electron chi connectivity index (χ0n) is 14.7. The van der Waals surface area contributed by atoms with Crippen LogP contribution in [0.5, 0.6) is 0 Å². The smallest absolute Gasteiger partial charge is 0.00979 e. The van der Waals surface area contributed by atoms with E-state index >= 15 is 0 Å². The summed E-state index contributed by atoms with van der Waals surface area (Å²) in [6.45, 7) is 5.84. The molecule has 0 spiro atoms. The van der Waals surface area contributed by atoms with E-state index in [1.54, 1.807) is 0 Å². The molecule has 0 radical (unpaired) electrons. The minimum atomic E-state index is 0.814. The fraction of sp³-hybridized carbons (Fsp3) is 1.00. The van der Waals surface area contributed by atoms with Gasteiger partial charge in [-0.2, -0.15) is 0 Å². The molecule has 0 aliphatic heterocycles. The van der Waals surface area contributed by atoms with Gasteiger partial charge in [0.1, 0.15) is 0 Å². The van der Waals surface area contributed by atoms with Gasteiger partial charge in [-0.05, 0) is 43.6 Å². The van der Waals surface area contributed by atoms with Crippen LogP contribution >= 0.6 is 0 Å². The van der Waals surface area contributed by atoms with Crippen molar-refractivity contribution < 1.29 is 0 Å². The van der Waals surface area contributed by atoms with Crippen molar-refractivity contribution in [3.63, 3.8) is 0 Å². The molecule has 0 heterocycles. The van der Waals surface area contributed by atoms with Crippen LogP contribution in [0.15, 0.2) is 0 Å². The first-order chi connectivity index (χ1) is 10.3. The molecule has 2 saturated carbocycles. The second-order valence-electron chi connectivity index (χ2n) is 7.74. The molecule has 21 heavy (non-hydrogen) atoms. The summed E-state index contributed by atoms with van der Waals surface area (Å²) in [4.78, 5) is 0. The lowest BCUT2D eigenvalue weighted by Gasteiger charge is -2.37. The molecular formula is C20H39N. The molecule has 0 aromatic carbocycles. The predicted octanol–water partition coefficient (Wildman–Crippen LogP) is 5.93. The van der Waals surface area contributed by atoms with Crippen LogP contribution in [0.25, 0.3) is 0 Å². The second-order valence-corrected chi connectivity index (χ2v) is 7.74. The topological polar surface area (TPSA) is 12.0 Å². The van der Waals surface area contributed by atoms with Gasteiger partial charge in [0.05, 0.1) is 0 Å². The molecule has 0 amide bonds. The van der Waals surface area contributed by atoms with Crippen LogP contribution in [-0.2, 0) is 0 Å². The normalized spacial score (nSPS) is 24.9. The van der Waals surface area contributed by atoms with Crippen molar-refractivity contribution in [3.05, 3.63) is 0 Å². The highest BCUT2D eigenvalue weighted by Crippen LogP contribution is 2.37. The highest BCUT2D eigenvalue weighted by atomic mass is 14.9. The van der Waals surface area contributed by atoms with Crippen LogP contribution in [0.2, 0.25) is 0 Å². The summed E-state index contributed by atoms with van der Waals surface area (Å²) < 4.78 is 0. The van der Waals surface area contributed by atoms with Crippen molar-refractivity contribution in [2.45, 2.75) is 103 Å². The zero-order chi connectivity index (χ0) is 14.9. The Kier molecular flexibility index (Phi) is 8.14. The first-order valence-electron chi connectivity index (χ1n) is 10.1. The Bertz CT molecular complexity index is 225. The first-order valence-corrected chi connectivity index (χ1v) is 10.1. The highest BCUT2D eigenvalue weighted by Gasteiger charge is 2.29. The lowest BCUT2D eigenvalue weighted by Crippen LogP contribution is -2.40. The van der Waals surface area contributed by atoms with Crippen LogP contribution in [0, 0.1) is 17.8 Å². The van der Waals surface area contributed by atoms with E-state index in [1.165, 1.54) is 83.5 Å². The minimum Gasteiger partial charge on any atom is -0.314 e. The van der Waals surface area contributed by atoms with Crippen LogP contribution in [-0.4, -0.2) is 12.6 Å². The Morgan fingerprint density at radius 1 is 0.810 bits per heavy atom. The van der Waals surface area contributed by atoms with Gasteiger partial charge in [-0.15, -0.1) is 0 Å². The average molecular weight is 294 g/mol. The van der Waals surface area contributed by atoms with Crippen LogP contribution < -0.4 is 5.32 Å². The van der Waals surface area contributed by atoms with E-state index in [1.807, 2.05) is 0 Å². The lowest BCUT2D eigenvalue weighted by molar-refractivity contribution is 0.170. The Morgan fingerprint density at radius 3 is 1.90 bits per heavy atom. The Balaban J connectivity index is 1.92. The van der Waals surface area contributed by atoms with E-state index < -0.39 is 0 Å². The maximum Gasteiger partial charge on any atom is 0.00979 e. The molecule has 2 aliphatic carbocycles. The van der Waals surface area contributed by atoms with E-state index in [0.29, 0.717) is 0 Å². The predicted molar refractivity (Wildman–Crippen MR) is 93.6 cm³/mol. The van der Waals surface area contributed by atoms with Gasteiger partial charge in [-0.1, -0.05) is 78.1 Å². The van der Waals surface area contributed by atoms with E-state index in [2.05, 4.69) is 19.2 Å². The summed E-state index contributed by atoms with van der Waals surface area (Å²) >= 11 is 0. The fourth-order valence-electron chi connectivity index (χ4n) is 5.09. The van der Waals surface area contributed by atoms with Crippen molar-refractivity contribution in [3.8, 4) is 0 Å². The number of hydrogen-bond acceptors (Lipinski definition) is 1. The summed E-state index contributed by atoms with van der Waals surface area (Å²) in [6.07, 6.45) is 19.3. The lowest BCUT2D eigenvalue weighted by atomic mass is 9.72. The van der Waals surface area contributed by atoms with E-state index in [9.17, 15) is 0 Å². The third kappa shape index (κ3) is 5.58. The maximum absolute atomic E-state index is 3.88. The van der Waals surface area contributed by atoms with E-state index in [0.717, 1.165) is 30.3 Å². The van der Waals surface area contributed by atoms with Crippen molar-refractivity contribution in [2.24, 2.45) is 17.8 Å². The molecule has 0 aromatic heterocycles. The third-order valence-electron chi connectivity index (χ3n) is 6.22. The summed E-state index contributed by atoms with van der Waals surface area (Å²) in [5.74, 6) is 3.02. The highest BCUT2D eigenvalue weighted by molar-refractivity contribution is 4.84. The Morgan fingerprint density at radius 2 is 1.38 bits per heavy atom. The van der Waals surface area contributed by atoms with Crippen LogP contribution in [0.1, 0.15) is 97.3 Å². The number of nitrogens with one attached hydrogen (secondary N) is 1. The molecule has 0 aromatic rings. The van der Waals surface area contributed by atoms with Gasteiger partial charge in [0.25, 0.3) is 0 Å². The van der Waals surface area contributed by atoms with Gasteiger partial charge in [-0.3, -0.25) is 0 Å². The third-order valence-corrected chi connectivity index (χ3v) is 6.22. The van der Waals surface area contributed by atoms with Crippen molar-refractivity contribution in [1.29, 1.82) is 0 Å². The molecule has 2 rings (SSSR count). The summed E-state index contributed by atoms with van der Waals surface area (Å²) in [5, 5.41) is 3.88. The van der Waals surface area contributed by atoms with Crippen LogP contribution in [0.3, 0.4) is 0 Å².